The number of carbonyl (C=O) groups excluding carboxylic acids is 3. The number of nitrogens with one attached hydrogen (secondary N) is 2. The van der Waals surface area contributed by atoms with Gasteiger partial charge >= 0.3 is 0 Å². The van der Waals surface area contributed by atoms with Crippen molar-refractivity contribution in [3.8, 4) is 0 Å². The van der Waals surface area contributed by atoms with E-state index in [0.29, 0.717) is 11.0 Å². The Bertz CT molecular complexity index is 425. The minimum Gasteiger partial charge on any atom is -0.545 e. The molecule has 0 saturated heterocycles. The minimum atomic E-state index is -1.49. The number of thiophene rings is 1. The number of amides is 2. The molecule has 0 bridgehead atoms. The van der Waals surface area contributed by atoms with Gasteiger partial charge in [-0.25, -0.2) is 0 Å². The third kappa shape index (κ3) is 3.93. The third-order valence-electron chi connectivity index (χ3n) is 1.41. The van der Waals surface area contributed by atoms with E-state index in [-0.39, 0.29) is 0 Å². The number of hydrogen-bond acceptors (Lipinski definition) is 5. The van der Waals surface area contributed by atoms with E-state index in [9.17, 15) is 19.5 Å². The van der Waals surface area contributed by atoms with Gasteiger partial charge in [-0.15, -0.1) is 11.3 Å². The van der Waals surface area contributed by atoms with Gasteiger partial charge in [-0.05, 0) is 17.5 Å². The Morgan fingerprint density at radius 2 is 2.00 bits per heavy atom. The Kier molecular flexibility index (Phi) is 4.22. The number of aliphatic carboxylic acids is 1. The van der Waals surface area contributed by atoms with Crippen LogP contribution in [0.25, 0.3) is 0 Å². The van der Waals surface area contributed by atoms with Crippen molar-refractivity contribution in [1.82, 2.24) is 10.9 Å². The van der Waals surface area contributed by atoms with Gasteiger partial charge in [0, 0.05) is 6.08 Å². The second kappa shape index (κ2) is 5.66. The van der Waals surface area contributed by atoms with Crippen LogP contribution in [0, 0.1) is 0 Å². The molecule has 1 aromatic heterocycles. The summed E-state index contributed by atoms with van der Waals surface area (Å²) in [5, 5.41) is 11.7. The lowest BCUT2D eigenvalue weighted by molar-refractivity contribution is -0.297. The van der Waals surface area contributed by atoms with E-state index in [1.54, 1.807) is 17.5 Å². The molecule has 1 aromatic rings. The Hall–Kier alpha value is -2.15. The zero-order valence-electron chi connectivity index (χ0n) is 7.93. The first-order valence-electron chi connectivity index (χ1n) is 4.12. The molecule has 7 heteroatoms. The molecule has 6 nitrogen and oxygen atoms in total. The number of carboxylic acid groups (broad SMARTS) is 1. The molecule has 0 radical (unpaired) electrons. The summed E-state index contributed by atoms with van der Waals surface area (Å²) in [4.78, 5) is 32.6. The maximum Gasteiger partial charge on any atom is 0.279 e. The summed E-state index contributed by atoms with van der Waals surface area (Å²) in [5.74, 6) is -2.71. The van der Waals surface area contributed by atoms with E-state index in [4.69, 9.17) is 0 Å². The average Bonchev–Trinajstić information content (AvgIpc) is 2.76. The van der Waals surface area contributed by atoms with E-state index in [1.807, 2.05) is 5.43 Å². The molecule has 0 atom stereocenters. The second-order valence-corrected chi connectivity index (χ2v) is 3.52. The highest BCUT2D eigenvalue weighted by Gasteiger charge is 2.05. The minimum absolute atomic E-state index is 0.434. The molecule has 1 heterocycles. The first-order valence-corrected chi connectivity index (χ1v) is 5.00. The highest BCUT2D eigenvalue weighted by atomic mass is 32.1. The van der Waals surface area contributed by atoms with E-state index in [2.05, 4.69) is 5.43 Å². The molecule has 0 fully saturated rings. The number of hydrazine groups is 1. The van der Waals surface area contributed by atoms with Crippen LogP contribution in [-0.4, -0.2) is 17.8 Å². The fourth-order valence-corrected chi connectivity index (χ4v) is 1.39. The predicted octanol–water partition coefficient (Wildman–Crippen LogP) is -1.18. The summed E-state index contributed by atoms with van der Waals surface area (Å²) in [6, 6.07) is 3.28. The van der Waals surface area contributed by atoms with Crippen molar-refractivity contribution in [1.29, 1.82) is 0 Å². The predicted molar refractivity (Wildman–Crippen MR) is 54.1 cm³/mol. The van der Waals surface area contributed by atoms with Gasteiger partial charge < -0.3 is 9.90 Å². The Balaban J connectivity index is 2.38. The van der Waals surface area contributed by atoms with Gasteiger partial charge in [0.25, 0.3) is 11.8 Å². The summed E-state index contributed by atoms with van der Waals surface area (Å²) < 4.78 is 0. The molecule has 16 heavy (non-hydrogen) atoms. The summed E-state index contributed by atoms with van der Waals surface area (Å²) >= 11 is 1.22. The normalized spacial score (nSPS) is 10.0. The molecule has 0 aliphatic carbocycles. The first-order chi connectivity index (χ1) is 7.59. The van der Waals surface area contributed by atoms with Gasteiger partial charge in [-0.1, -0.05) is 6.07 Å². The molecule has 2 N–H and O–H groups in total. The number of carbonyl (C=O) groups is 3. The van der Waals surface area contributed by atoms with Gasteiger partial charge in [0.15, 0.2) is 0 Å². The SMILES string of the molecule is O=C([O-])/C=C/C(=O)NNC(=O)c1cccs1. The fourth-order valence-electron chi connectivity index (χ4n) is 0.773. The standard InChI is InChI=1S/C9H8N2O4S/c12-7(3-4-8(13)14)10-11-9(15)6-2-1-5-16-6/h1-5H,(H,10,12)(H,11,15)(H,13,14)/p-1/b4-3+. The highest BCUT2D eigenvalue weighted by molar-refractivity contribution is 7.12. The van der Waals surface area contributed by atoms with Crippen molar-refractivity contribution in [3.05, 3.63) is 34.5 Å². The third-order valence-corrected chi connectivity index (χ3v) is 2.28. The lowest BCUT2D eigenvalue weighted by Crippen LogP contribution is -2.40. The first kappa shape index (κ1) is 11.9. The zero-order chi connectivity index (χ0) is 12.0. The van der Waals surface area contributed by atoms with Crippen LogP contribution in [0.4, 0.5) is 0 Å². The zero-order valence-corrected chi connectivity index (χ0v) is 8.74. The van der Waals surface area contributed by atoms with Crippen LogP contribution >= 0.6 is 11.3 Å². The molecule has 2 amide bonds. The molecule has 84 valence electrons. The quantitative estimate of drug-likeness (QED) is 0.512. The lowest BCUT2D eigenvalue weighted by atomic mass is 10.4. The van der Waals surface area contributed by atoms with Crippen LogP contribution in [0.15, 0.2) is 29.7 Å². The van der Waals surface area contributed by atoms with Crippen LogP contribution < -0.4 is 16.0 Å². The van der Waals surface area contributed by atoms with Crippen molar-refractivity contribution < 1.29 is 19.5 Å². The molecule has 0 saturated carbocycles. The molecule has 0 aliphatic heterocycles. The van der Waals surface area contributed by atoms with Crippen molar-refractivity contribution in [2.45, 2.75) is 0 Å². The van der Waals surface area contributed by atoms with E-state index in [1.165, 1.54) is 11.3 Å². The second-order valence-electron chi connectivity index (χ2n) is 2.57. The maximum atomic E-state index is 11.3. The molecule has 0 aromatic carbocycles. The summed E-state index contributed by atoms with van der Waals surface area (Å²) in [7, 11) is 0. The Labute approximate surface area is 94.6 Å². The van der Waals surface area contributed by atoms with Crippen LogP contribution in [0.2, 0.25) is 0 Å². The highest BCUT2D eigenvalue weighted by Crippen LogP contribution is 2.06. The van der Waals surface area contributed by atoms with Gasteiger partial charge in [-0.2, -0.15) is 0 Å². The van der Waals surface area contributed by atoms with Gasteiger partial charge in [0.1, 0.15) is 0 Å². The van der Waals surface area contributed by atoms with Crippen LogP contribution in [0.3, 0.4) is 0 Å². The summed E-state index contributed by atoms with van der Waals surface area (Å²) in [6.07, 6.45) is 1.30. The van der Waals surface area contributed by atoms with E-state index in [0.717, 1.165) is 6.08 Å². The van der Waals surface area contributed by atoms with Crippen LogP contribution in [-0.2, 0) is 9.59 Å². The van der Waals surface area contributed by atoms with E-state index >= 15 is 0 Å². The van der Waals surface area contributed by atoms with Gasteiger partial charge in [0.2, 0.25) is 0 Å². The largest absolute Gasteiger partial charge is 0.545 e. The average molecular weight is 239 g/mol. The Morgan fingerprint density at radius 1 is 1.25 bits per heavy atom. The van der Waals surface area contributed by atoms with Gasteiger partial charge in [0.05, 0.1) is 10.8 Å². The summed E-state index contributed by atoms with van der Waals surface area (Å²) in [5.41, 5.74) is 4.13. The molecular formula is C9H7N2O4S-. The van der Waals surface area contributed by atoms with E-state index < -0.39 is 17.8 Å². The fraction of sp³-hybridized carbons (Fsp3) is 0. The summed E-state index contributed by atoms with van der Waals surface area (Å²) in [6.45, 7) is 0. The smallest absolute Gasteiger partial charge is 0.279 e. The number of carboxylic acids is 1. The van der Waals surface area contributed by atoms with Gasteiger partial charge in [-0.3, -0.25) is 20.4 Å². The molecule has 0 unspecified atom stereocenters. The number of hydrogen-bond donors (Lipinski definition) is 2. The molecule has 0 aliphatic rings. The van der Waals surface area contributed by atoms with Crippen molar-refractivity contribution in [3.63, 3.8) is 0 Å². The number of rotatable bonds is 3. The molecule has 1 rings (SSSR count). The van der Waals surface area contributed by atoms with Crippen LogP contribution in [0.5, 0.6) is 0 Å². The van der Waals surface area contributed by atoms with Crippen molar-refractivity contribution >= 4 is 29.1 Å². The topological polar surface area (TPSA) is 98.3 Å². The monoisotopic (exact) mass is 239 g/mol. The molecule has 0 spiro atoms. The van der Waals surface area contributed by atoms with Crippen LogP contribution in [0.1, 0.15) is 9.67 Å². The Morgan fingerprint density at radius 3 is 2.56 bits per heavy atom. The van der Waals surface area contributed by atoms with Crippen molar-refractivity contribution in [2.24, 2.45) is 0 Å². The molecular weight excluding hydrogens is 232 g/mol. The van der Waals surface area contributed by atoms with Crippen molar-refractivity contribution in [2.75, 3.05) is 0 Å². The maximum absolute atomic E-state index is 11.3. The lowest BCUT2D eigenvalue weighted by Gasteiger charge is -2.02.